The van der Waals surface area contributed by atoms with E-state index in [4.69, 9.17) is 4.74 Å². The van der Waals surface area contributed by atoms with E-state index in [-0.39, 0.29) is 0 Å². The first-order valence-electron chi connectivity index (χ1n) is 7.27. The molecule has 0 radical (unpaired) electrons. The van der Waals surface area contributed by atoms with E-state index in [0.717, 1.165) is 30.4 Å². The van der Waals surface area contributed by atoms with Gasteiger partial charge in [-0.2, -0.15) is 0 Å². The molecule has 0 fully saturated rings. The van der Waals surface area contributed by atoms with Crippen LogP contribution in [-0.4, -0.2) is 12.9 Å². The number of rotatable bonds is 8. The molecule has 0 aliphatic heterocycles. The molecule has 1 aromatic carbocycles. The van der Waals surface area contributed by atoms with Crippen LogP contribution in [0.1, 0.15) is 42.6 Å². The van der Waals surface area contributed by atoms with Gasteiger partial charge in [0, 0.05) is 5.56 Å². The van der Waals surface area contributed by atoms with Crippen molar-refractivity contribution in [3.05, 3.63) is 65.3 Å². The molecule has 0 heterocycles. The van der Waals surface area contributed by atoms with Crippen LogP contribution in [0.25, 0.3) is 0 Å². The first-order chi connectivity index (χ1) is 10.1. The van der Waals surface area contributed by atoms with Crippen LogP contribution in [0.5, 0.6) is 5.75 Å². The summed E-state index contributed by atoms with van der Waals surface area (Å²) in [4.78, 5) is 10.7. The van der Waals surface area contributed by atoms with Gasteiger partial charge in [0.15, 0.2) is 0 Å². The van der Waals surface area contributed by atoms with Crippen molar-refractivity contribution in [2.45, 2.75) is 33.6 Å². The molecule has 0 aliphatic rings. The van der Waals surface area contributed by atoms with Gasteiger partial charge in [-0.1, -0.05) is 29.9 Å². The lowest BCUT2D eigenvalue weighted by atomic mass is 10.1. The Hall–Kier alpha value is -2.09. The van der Waals surface area contributed by atoms with Crippen LogP contribution < -0.4 is 4.74 Å². The number of hydrogen-bond donors (Lipinski definition) is 0. The smallest absolute Gasteiger partial charge is 0.150 e. The van der Waals surface area contributed by atoms with Crippen molar-refractivity contribution in [3.8, 4) is 5.75 Å². The van der Waals surface area contributed by atoms with Crippen molar-refractivity contribution in [1.82, 2.24) is 0 Å². The molecule has 2 nitrogen and oxygen atoms in total. The standard InChI is InChI=1S/C19H24O2/c1-16(2)10-8-6-4-5-7-9-13-21-19-12-11-18(15-20)14-17(19)3/h4-5,7,9-12,14-15H,6,8,13H2,1-3H3. The molecular formula is C19H24O2. The number of unbranched alkanes of at least 4 members (excludes halogenated alkanes) is 1. The molecule has 0 saturated carbocycles. The SMILES string of the molecule is CC(C)=CCCC=CC=CCOc1ccc(C=O)cc1C. The summed E-state index contributed by atoms with van der Waals surface area (Å²) in [6.45, 7) is 6.70. The Labute approximate surface area is 127 Å². The summed E-state index contributed by atoms with van der Waals surface area (Å²) in [7, 11) is 0. The highest BCUT2D eigenvalue weighted by Gasteiger charge is 1.99. The molecule has 112 valence electrons. The second kappa shape index (κ2) is 9.76. The molecule has 1 rings (SSSR count). The van der Waals surface area contributed by atoms with Crippen LogP contribution in [0.2, 0.25) is 0 Å². The summed E-state index contributed by atoms with van der Waals surface area (Å²) in [6.07, 6.45) is 13.4. The van der Waals surface area contributed by atoms with Crippen molar-refractivity contribution in [3.63, 3.8) is 0 Å². The summed E-state index contributed by atoms with van der Waals surface area (Å²) in [6, 6.07) is 5.43. The number of hydrogen-bond acceptors (Lipinski definition) is 2. The van der Waals surface area contributed by atoms with E-state index in [2.05, 4.69) is 26.0 Å². The minimum Gasteiger partial charge on any atom is -0.489 e. The number of ether oxygens (including phenoxy) is 1. The Morgan fingerprint density at radius 3 is 2.57 bits per heavy atom. The van der Waals surface area contributed by atoms with Crippen molar-refractivity contribution in [1.29, 1.82) is 0 Å². The predicted molar refractivity (Wildman–Crippen MR) is 89.0 cm³/mol. The van der Waals surface area contributed by atoms with Crippen LogP contribution in [-0.2, 0) is 0 Å². The highest BCUT2D eigenvalue weighted by molar-refractivity contribution is 5.75. The maximum Gasteiger partial charge on any atom is 0.150 e. The van der Waals surface area contributed by atoms with Crippen molar-refractivity contribution >= 4 is 6.29 Å². The lowest BCUT2D eigenvalue weighted by Gasteiger charge is -2.06. The molecule has 2 heteroatoms. The van der Waals surface area contributed by atoms with Gasteiger partial charge in [-0.15, -0.1) is 0 Å². The number of carbonyl (C=O) groups excluding carboxylic acids is 1. The largest absolute Gasteiger partial charge is 0.489 e. The molecule has 0 unspecified atom stereocenters. The quantitative estimate of drug-likeness (QED) is 0.289. The molecule has 1 aromatic rings. The second-order valence-electron chi connectivity index (χ2n) is 5.17. The summed E-state index contributed by atoms with van der Waals surface area (Å²) in [5, 5.41) is 0. The van der Waals surface area contributed by atoms with Crippen LogP contribution in [0.15, 0.2) is 54.2 Å². The Balaban J connectivity index is 2.30. The zero-order valence-electron chi connectivity index (χ0n) is 13.1. The van der Waals surface area contributed by atoms with E-state index in [9.17, 15) is 4.79 Å². The molecule has 0 bridgehead atoms. The average molecular weight is 284 g/mol. The zero-order valence-corrected chi connectivity index (χ0v) is 13.1. The lowest BCUT2D eigenvalue weighted by Crippen LogP contribution is -1.96. The fraction of sp³-hybridized carbons (Fsp3) is 0.316. The lowest BCUT2D eigenvalue weighted by molar-refractivity contribution is 0.112. The van der Waals surface area contributed by atoms with Gasteiger partial charge in [-0.05, 0) is 63.5 Å². The maximum absolute atomic E-state index is 10.7. The molecule has 0 saturated heterocycles. The van der Waals surface area contributed by atoms with E-state index in [0.29, 0.717) is 12.2 Å². The third kappa shape index (κ3) is 7.31. The molecular weight excluding hydrogens is 260 g/mol. The van der Waals surface area contributed by atoms with Gasteiger partial charge in [-0.25, -0.2) is 0 Å². The van der Waals surface area contributed by atoms with Crippen LogP contribution in [0.4, 0.5) is 0 Å². The van der Waals surface area contributed by atoms with E-state index >= 15 is 0 Å². The maximum atomic E-state index is 10.7. The fourth-order valence-corrected chi connectivity index (χ4v) is 1.82. The Morgan fingerprint density at radius 1 is 1.14 bits per heavy atom. The number of aldehydes is 1. The molecule has 0 atom stereocenters. The van der Waals surface area contributed by atoms with Crippen molar-refractivity contribution in [2.24, 2.45) is 0 Å². The third-order valence-corrected chi connectivity index (χ3v) is 2.94. The number of allylic oxidation sites excluding steroid dienone is 5. The molecule has 0 N–H and O–H groups in total. The first-order valence-corrected chi connectivity index (χ1v) is 7.27. The molecule has 0 aromatic heterocycles. The van der Waals surface area contributed by atoms with E-state index < -0.39 is 0 Å². The number of benzene rings is 1. The van der Waals surface area contributed by atoms with Gasteiger partial charge in [0.05, 0.1) is 0 Å². The summed E-state index contributed by atoms with van der Waals surface area (Å²) < 4.78 is 5.65. The van der Waals surface area contributed by atoms with Gasteiger partial charge >= 0.3 is 0 Å². The Bertz CT molecular complexity index is 532. The van der Waals surface area contributed by atoms with Crippen LogP contribution >= 0.6 is 0 Å². The minimum atomic E-state index is 0.527. The van der Waals surface area contributed by atoms with Crippen LogP contribution in [0.3, 0.4) is 0 Å². The fourth-order valence-electron chi connectivity index (χ4n) is 1.82. The third-order valence-electron chi connectivity index (χ3n) is 2.94. The van der Waals surface area contributed by atoms with Gasteiger partial charge < -0.3 is 4.74 Å². The second-order valence-corrected chi connectivity index (χ2v) is 5.17. The van der Waals surface area contributed by atoms with Crippen molar-refractivity contribution < 1.29 is 9.53 Å². The topological polar surface area (TPSA) is 26.3 Å². The Kier molecular flexibility index (Phi) is 7.88. The van der Waals surface area contributed by atoms with Crippen LogP contribution in [0, 0.1) is 6.92 Å². The average Bonchev–Trinajstić information content (AvgIpc) is 2.46. The molecule has 21 heavy (non-hydrogen) atoms. The summed E-state index contributed by atoms with van der Waals surface area (Å²) in [5.41, 5.74) is 3.02. The summed E-state index contributed by atoms with van der Waals surface area (Å²) in [5.74, 6) is 0.817. The van der Waals surface area contributed by atoms with E-state index in [1.807, 2.05) is 37.3 Å². The highest BCUT2D eigenvalue weighted by atomic mass is 16.5. The van der Waals surface area contributed by atoms with Crippen molar-refractivity contribution in [2.75, 3.05) is 6.61 Å². The summed E-state index contributed by atoms with van der Waals surface area (Å²) >= 11 is 0. The predicted octanol–water partition coefficient (Wildman–Crippen LogP) is 5.05. The highest BCUT2D eigenvalue weighted by Crippen LogP contribution is 2.18. The Morgan fingerprint density at radius 2 is 1.90 bits per heavy atom. The van der Waals surface area contributed by atoms with E-state index in [1.165, 1.54) is 5.57 Å². The van der Waals surface area contributed by atoms with E-state index in [1.54, 1.807) is 6.07 Å². The molecule has 0 amide bonds. The van der Waals surface area contributed by atoms with Gasteiger partial charge in [0.2, 0.25) is 0 Å². The molecule has 0 spiro atoms. The number of aryl methyl sites for hydroxylation is 1. The van der Waals surface area contributed by atoms with Gasteiger partial charge in [-0.3, -0.25) is 4.79 Å². The monoisotopic (exact) mass is 284 g/mol. The molecule has 0 aliphatic carbocycles. The zero-order chi connectivity index (χ0) is 15.5. The normalized spacial score (nSPS) is 11.0. The van der Waals surface area contributed by atoms with Gasteiger partial charge in [0.25, 0.3) is 0 Å². The van der Waals surface area contributed by atoms with Gasteiger partial charge in [0.1, 0.15) is 18.6 Å². The first kappa shape index (κ1) is 17.0. The minimum absolute atomic E-state index is 0.527. The number of carbonyl (C=O) groups is 1.